The van der Waals surface area contributed by atoms with Gasteiger partial charge < -0.3 is 5.32 Å². The molecule has 0 heterocycles. The number of amides is 1. The zero-order valence-electron chi connectivity index (χ0n) is 16.5. The maximum atomic E-state index is 12.2. The lowest BCUT2D eigenvalue weighted by molar-refractivity contribution is -0.121. The van der Waals surface area contributed by atoms with E-state index in [1.165, 1.54) is 10.6 Å². The number of anilines is 1. The third-order valence-electron chi connectivity index (χ3n) is 4.45. The highest BCUT2D eigenvalue weighted by Crippen LogP contribution is 2.24. The van der Waals surface area contributed by atoms with Crippen LogP contribution in [-0.4, -0.2) is 33.7 Å². The number of halogens is 1. The summed E-state index contributed by atoms with van der Waals surface area (Å²) < 4.78 is 25.9. The highest BCUT2D eigenvalue weighted by atomic mass is 35.5. The van der Waals surface area contributed by atoms with Gasteiger partial charge in [0.25, 0.3) is 0 Å². The maximum Gasteiger partial charge on any atom is 0.232 e. The molecule has 2 aromatic rings. The number of carbonyl (C=O) groups is 1. The van der Waals surface area contributed by atoms with Gasteiger partial charge in [-0.25, -0.2) is 8.42 Å². The van der Waals surface area contributed by atoms with Crippen molar-refractivity contribution in [1.82, 2.24) is 5.32 Å². The summed E-state index contributed by atoms with van der Waals surface area (Å²) in [5.74, 6) is -0.0802. The van der Waals surface area contributed by atoms with Gasteiger partial charge >= 0.3 is 0 Å². The van der Waals surface area contributed by atoms with E-state index in [4.69, 9.17) is 11.6 Å². The van der Waals surface area contributed by atoms with Crippen molar-refractivity contribution in [2.45, 2.75) is 33.1 Å². The molecule has 0 saturated carbocycles. The summed E-state index contributed by atoms with van der Waals surface area (Å²) in [6.07, 6.45) is 2.65. The van der Waals surface area contributed by atoms with Gasteiger partial charge in [-0.05, 0) is 61.6 Å². The van der Waals surface area contributed by atoms with Gasteiger partial charge in [0.15, 0.2) is 0 Å². The summed E-state index contributed by atoms with van der Waals surface area (Å²) in [5, 5.41) is 3.57. The van der Waals surface area contributed by atoms with Gasteiger partial charge in [-0.3, -0.25) is 9.10 Å². The lowest BCUT2D eigenvalue weighted by Crippen LogP contribution is -2.33. The number of nitrogens with one attached hydrogen (secondary N) is 1. The molecule has 0 aliphatic rings. The average molecular weight is 423 g/mol. The topological polar surface area (TPSA) is 66.5 Å². The molecule has 5 nitrogen and oxygen atoms in total. The maximum absolute atomic E-state index is 12.2. The molecule has 0 aromatic heterocycles. The van der Waals surface area contributed by atoms with E-state index >= 15 is 0 Å². The van der Waals surface area contributed by atoms with E-state index in [1.54, 1.807) is 0 Å². The van der Waals surface area contributed by atoms with Crippen LogP contribution in [0.25, 0.3) is 0 Å². The van der Waals surface area contributed by atoms with Gasteiger partial charge in [-0.1, -0.05) is 35.9 Å². The zero-order valence-corrected chi connectivity index (χ0v) is 18.1. The molecule has 0 bridgehead atoms. The molecule has 152 valence electrons. The summed E-state index contributed by atoms with van der Waals surface area (Å²) in [4.78, 5) is 12.1. The van der Waals surface area contributed by atoms with Crippen molar-refractivity contribution < 1.29 is 13.2 Å². The fourth-order valence-electron chi connectivity index (χ4n) is 2.92. The Bertz CT molecular complexity index is 912. The van der Waals surface area contributed by atoms with Crippen molar-refractivity contribution in [3.63, 3.8) is 0 Å². The van der Waals surface area contributed by atoms with Crippen molar-refractivity contribution in [3.05, 3.63) is 64.2 Å². The molecule has 0 saturated heterocycles. The highest BCUT2D eigenvalue weighted by molar-refractivity contribution is 7.92. The van der Waals surface area contributed by atoms with E-state index in [0.29, 0.717) is 23.7 Å². The Balaban J connectivity index is 1.85. The smallest absolute Gasteiger partial charge is 0.232 e. The molecule has 0 spiro atoms. The lowest BCUT2D eigenvalue weighted by Gasteiger charge is -2.24. The molecule has 0 unspecified atom stereocenters. The Morgan fingerprint density at radius 1 is 1.11 bits per heavy atom. The number of benzene rings is 2. The first kappa shape index (κ1) is 22.2. The molecule has 28 heavy (non-hydrogen) atoms. The molecule has 0 aliphatic carbocycles. The highest BCUT2D eigenvalue weighted by Gasteiger charge is 2.19. The van der Waals surface area contributed by atoms with Crippen LogP contribution in [-0.2, 0) is 21.2 Å². The Morgan fingerprint density at radius 2 is 1.79 bits per heavy atom. The summed E-state index contributed by atoms with van der Waals surface area (Å²) in [6, 6.07) is 13.2. The molecule has 2 rings (SSSR count). The first-order chi connectivity index (χ1) is 13.2. The second-order valence-electron chi connectivity index (χ2n) is 6.96. The average Bonchev–Trinajstić information content (AvgIpc) is 2.62. The predicted octanol–water partition coefficient (Wildman–Crippen LogP) is 3.86. The van der Waals surface area contributed by atoms with E-state index in [-0.39, 0.29) is 18.9 Å². The third-order valence-corrected chi connectivity index (χ3v) is 5.88. The Kier molecular flexibility index (Phi) is 7.89. The van der Waals surface area contributed by atoms with E-state index in [2.05, 4.69) is 5.32 Å². The van der Waals surface area contributed by atoms with Crippen LogP contribution in [0.15, 0.2) is 42.5 Å². The van der Waals surface area contributed by atoms with E-state index in [0.717, 1.165) is 23.1 Å². The van der Waals surface area contributed by atoms with Crippen LogP contribution in [0.5, 0.6) is 0 Å². The molecule has 0 aliphatic heterocycles. The molecular weight excluding hydrogens is 396 g/mol. The van der Waals surface area contributed by atoms with Crippen LogP contribution < -0.4 is 9.62 Å². The number of rotatable bonds is 9. The van der Waals surface area contributed by atoms with Crippen LogP contribution in [0.4, 0.5) is 5.69 Å². The summed E-state index contributed by atoms with van der Waals surface area (Å²) in [5.41, 5.74) is 3.66. The van der Waals surface area contributed by atoms with Crippen LogP contribution in [0, 0.1) is 13.8 Å². The first-order valence-corrected chi connectivity index (χ1v) is 11.5. The largest absolute Gasteiger partial charge is 0.356 e. The van der Waals surface area contributed by atoms with E-state index in [1.807, 2.05) is 56.3 Å². The minimum Gasteiger partial charge on any atom is -0.356 e. The number of hydrogen-bond acceptors (Lipinski definition) is 3. The molecule has 0 radical (unpaired) electrons. The van der Waals surface area contributed by atoms with Crippen molar-refractivity contribution in [3.8, 4) is 0 Å². The number of hydrogen-bond donors (Lipinski definition) is 1. The van der Waals surface area contributed by atoms with Crippen LogP contribution in [0.3, 0.4) is 0 Å². The fourth-order valence-corrected chi connectivity index (χ4v) is 4.06. The second kappa shape index (κ2) is 9.94. The molecule has 1 amide bonds. The predicted molar refractivity (Wildman–Crippen MR) is 116 cm³/mol. The van der Waals surface area contributed by atoms with E-state index in [9.17, 15) is 13.2 Å². The summed E-state index contributed by atoms with van der Waals surface area (Å²) in [6.45, 7) is 4.62. The van der Waals surface area contributed by atoms with E-state index < -0.39 is 10.0 Å². The van der Waals surface area contributed by atoms with Crippen molar-refractivity contribution in [1.29, 1.82) is 0 Å². The van der Waals surface area contributed by atoms with Gasteiger partial charge in [0, 0.05) is 24.5 Å². The molecule has 7 heteroatoms. The molecular formula is C21H27ClN2O3S. The lowest BCUT2D eigenvalue weighted by atomic mass is 10.1. The fraction of sp³-hybridized carbons (Fsp3) is 0.381. The minimum absolute atomic E-state index is 0.0802. The number of aryl methyl sites for hydroxylation is 2. The second-order valence-corrected chi connectivity index (χ2v) is 9.30. The molecule has 0 atom stereocenters. The van der Waals surface area contributed by atoms with Gasteiger partial charge in [-0.15, -0.1) is 0 Å². The normalized spacial score (nSPS) is 11.3. The number of nitrogens with zero attached hydrogens (tertiary/aromatic N) is 1. The standard InChI is InChI=1S/C21H27ClN2O3S/c1-16-6-7-17(2)20(15-16)24(28(3,26)27)14-4-5-21(25)23-13-12-18-8-10-19(22)11-9-18/h6-11,15H,4-5,12-14H2,1-3H3,(H,23,25). The Labute approximate surface area is 172 Å². The monoisotopic (exact) mass is 422 g/mol. The summed E-state index contributed by atoms with van der Waals surface area (Å²) in [7, 11) is -3.42. The van der Waals surface area contributed by atoms with Crippen molar-refractivity contribution in [2.75, 3.05) is 23.7 Å². The van der Waals surface area contributed by atoms with Gasteiger partial charge in [0.2, 0.25) is 15.9 Å². The first-order valence-electron chi connectivity index (χ1n) is 9.23. The number of sulfonamides is 1. The minimum atomic E-state index is -3.42. The Morgan fingerprint density at radius 3 is 2.43 bits per heavy atom. The molecule has 0 fully saturated rings. The van der Waals surface area contributed by atoms with Gasteiger partial charge in [0.05, 0.1) is 11.9 Å². The molecule has 2 aromatic carbocycles. The zero-order chi connectivity index (χ0) is 20.7. The van der Waals surface area contributed by atoms with Crippen LogP contribution >= 0.6 is 11.6 Å². The Hall–Kier alpha value is -2.05. The molecule has 1 N–H and O–H groups in total. The SMILES string of the molecule is Cc1ccc(C)c(N(CCCC(=O)NCCc2ccc(Cl)cc2)S(C)(=O)=O)c1. The van der Waals surface area contributed by atoms with Crippen LogP contribution in [0.1, 0.15) is 29.5 Å². The quantitative estimate of drug-likeness (QED) is 0.667. The van der Waals surface area contributed by atoms with Crippen molar-refractivity contribution in [2.24, 2.45) is 0 Å². The number of carbonyl (C=O) groups excluding carboxylic acids is 1. The third kappa shape index (κ3) is 6.84. The van der Waals surface area contributed by atoms with Gasteiger partial charge in [-0.2, -0.15) is 0 Å². The van der Waals surface area contributed by atoms with Crippen molar-refractivity contribution >= 4 is 33.2 Å². The van der Waals surface area contributed by atoms with Gasteiger partial charge in [0.1, 0.15) is 0 Å². The summed E-state index contributed by atoms with van der Waals surface area (Å²) >= 11 is 5.86. The van der Waals surface area contributed by atoms with Crippen LogP contribution in [0.2, 0.25) is 5.02 Å².